The molecule has 1 aromatic heterocycles. The highest BCUT2D eigenvalue weighted by Crippen LogP contribution is 2.23. The Hall–Kier alpha value is -3.48. The molecule has 0 spiro atoms. The molecule has 0 saturated carbocycles. The summed E-state index contributed by atoms with van der Waals surface area (Å²) in [6.45, 7) is 0. The van der Waals surface area contributed by atoms with Gasteiger partial charge in [-0.15, -0.1) is 0 Å². The number of carbonyl (C=O) groups is 1. The van der Waals surface area contributed by atoms with E-state index in [9.17, 15) is 14.9 Å². The smallest absolute Gasteiger partial charge is 0.292 e. The van der Waals surface area contributed by atoms with Crippen molar-refractivity contribution in [3.05, 3.63) is 82.7 Å². The number of anilines is 1. The predicted molar refractivity (Wildman–Crippen MR) is 84.6 cm³/mol. The molecule has 0 unspecified atom stereocenters. The monoisotopic (exact) mass is 308 g/mol. The Morgan fingerprint density at radius 2 is 1.83 bits per heavy atom. The zero-order chi connectivity index (χ0) is 16.2. The number of benzene rings is 2. The normalized spacial score (nSPS) is 10.3. The van der Waals surface area contributed by atoms with E-state index in [1.165, 1.54) is 12.1 Å². The van der Waals surface area contributed by atoms with Crippen LogP contribution < -0.4 is 5.32 Å². The summed E-state index contributed by atoms with van der Waals surface area (Å²) in [4.78, 5) is 22.7. The number of aromatic nitrogens is 2. The van der Waals surface area contributed by atoms with Crippen LogP contribution in [-0.4, -0.2) is 20.6 Å². The second kappa shape index (κ2) is 6.10. The first-order valence-electron chi connectivity index (χ1n) is 6.80. The average molecular weight is 308 g/mol. The summed E-state index contributed by atoms with van der Waals surface area (Å²) in [5, 5.41) is 17.6. The van der Waals surface area contributed by atoms with Gasteiger partial charge in [0.05, 0.1) is 10.6 Å². The molecule has 2 aromatic carbocycles. The molecule has 3 aromatic rings. The second-order valence-electron chi connectivity index (χ2n) is 4.73. The Kier molecular flexibility index (Phi) is 3.84. The number of nitro benzene ring substituents is 1. The van der Waals surface area contributed by atoms with Gasteiger partial charge in [-0.3, -0.25) is 14.9 Å². The van der Waals surface area contributed by atoms with Crippen LogP contribution in [0.3, 0.4) is 0 Å². The number of nitrogens with one attached hydrogen (secondary N) is 1. The van der Waals surface area contributed by atoms with Gasteiger partial charge in [-0.1, -0.05) is 12.1 Å². The molecule has 7 heteroatoms. The Balaban J connectivity index is 1.80. The van der Waals surface area contributed by atoms with Crippen molar-refractivity contribution in [2.24, 2.45) is 0 Å². The number of carbonyl (C=O) groups excluding carboxylic acids is 1. The van der Waals surface area contributed by atoms with Crippen LogP contribution in [0, 0.1) is 10.1 Å². The SMILES string of the molecule is O=C(Nc1ccccc1[N+](=O)[O-])c1ccc(-n2cccn2)cc1. The minimum Gasteiger partial charge on any atom is -0.316 e. The van der Waals surface area contributed by atoms with Crippen LogP contribution in [0.25, 0.3) is 5.69 Å². The lowest BCUT2D eigenvalue weighted by molar-refractivity contribution is -0.383. The van der Waals surface area contributed by atoms with Gasteiger partial charge in [0, 0.05) is 24.0 Å². The third kappa shape index (κ3) is 3.08. The summed E-state index contributed by atoms with van der Waals surface area (Å²) in [5.74, 6) is -0.411. The number of hydrogen-bond acceptors (Lipinski definition) is 4. The standard InChI is InChI=1S/C16H12N4O3/c21-16(18-14-4-1-2-5-15(14)20(22)23)12-6-8-13(9-7-12)19-11-3-10-17-19/h1-11H,(H,18,21). The molecule has 0 aliphatic carbocycles. The number of para-hydroxylation sites is 2. The summed E-state index contributed by atoms with van der Waals surface area (Å²) >= 11 is 0. The Labute approximate surface area is 131 Å². The van der Waals surface area contributed by atoms with Crippen molar-refractivity contribution in [3.63, 3.8) is 0 Å². The Morgan fingerprint density at radius 3 is 2.48 bits per heavy atom. The first-order chi connectivity index (χ1) is 11.1. The molecule has 1 heterocycles. The number of nitrogens with zero attached hydrogens (tertiary/aromatic N) is 3. The molecule has 1 N–H and O–H groups in total. The zero-order valence-electron chi connectivity index (χ0n) is 11.9. The molecule has 23 heavy (non-hydrogen) atoms. The molecular formula is C16H12N4O3. The van der Waals surface area contributed by atoms with E-state index in [4.69, 9.17) is 0 Å². The highest BCUT2D eigenvalue weighted by atomic mass is 16.6. The van der Waals surface area contributed by atoms with Crippen molar-refractivity contribution in [1.82, 2.24) is 9.78 Å². The van der Waals surface area contributed by atoms with Crippen molar-refractivity contribution in [2.75, 3.05) is 5.32 Å². The minimum atomic E-state index is -0.531. The highest BCUT2D eigenvalue weighted by Gasteiger charge is 2.15. The van der Waals surface area contributed by atoms with Gasteiger partial charge in [-0.25, -0.2) is 4.68 Å². The third-order valence-electron chi connectivity index (χ3n) is 3.25. The van der Waals surface area contributed by atoms with Crippen LogP contribution in [0.15, 0.2) is 67.0 Å². The number of hydrogen-bond donors (Lipinski definition) is 1. The summed E-state index contributed by atoms with van der Waals surface area (Å²) in [6, 6.07) is 14.6. The van der Waals surface area contributed by atoms with Gasteiger partial charge in [0.2, 0.25) is 0 Å². The fraction of sp³-hybridized carbons (Fsp3) is 0. The molecule has 3 rings (SSSR count). The fourth-order valence-electron chi connectivity index (χ4n) is 2.12. The molecule has 7 nitrogen and oxygen atoms in total. The highest BCUT2D eigenvalue weighted by molar-refractivity contribution is 6.05. The molecule has 0 atom stereocenters. The first-order valence-corrected chi connectivity index (χ1v) is 6.80. The molecule has 0 saturated heterocycles. The van der Waals surface area contributed by atoms with E-state index >= 15 is 0 Å². The first kappa shape index (κ1) is 14.5. The largest absolute Gasteiger partial charge is 0.316 e. The number of amides is 1. The lowest BCUT2D eigenvalue weighted by Crippen LogP contribution is -2.13. The molecular weight excluding hydrogens is 296 g/mol. The molecule has 114 valence electrons. The van der Waals surface area contributed by atoms with E-state index in [-0.39, 0.29) is 11.4 Å². The number of nitro groups is 1. The van der Waals surface area contributed by atoms with Gasteiger partial charge in [0.1, 0.15) is 5.69 Å². The van der Waals surface area contributed by atoms with Crippen molar-refractivity contribution < 1.29 is 9.72 Å². The van der Waals surface area contributed by atoms with Crippen molar-refractivity contribution in [1.29, 1.82) is 0 Å². The van der Waals surface area contributed by atoms with Gasteiger partial charge in [-0.2, -0.15) is 5.10 Å². The van der Waals surface area contributed by atoms with Crippen LogP contribution in [0.2, 0.25) is 0 Å². The van der Waals surface area contributed by atoms with Gasteiger partial charge in [0.15, 0.2) is 0 Å². The van der Waals surface area contributed by atoms with Gasteiger partial charge in [-0.05, 0) is 36.4 Å². The summed E-state index contributed by atoms with van der Waals surface area (Å²) in [5.41, 5.74) is 1.24. The van der Waals surface area contributed by atoms with E-state index < -0.39 is 10.8 Å². The maximum absolute atomic E-state index is 12.2. The third-order valence-corrected chi connectivity index (χ3v) is 3.25. The van der Waals surface area contributed by atoms with Crippen molar-refractivity contribution in [2.45, 2.75) is 0 Å². The Morgan fingerprint density at radius 1 is 1.09 bits per heavy atom. The molecule has 1 amide bonds. The van der Waals surface area contributed by atoms with Crippen LogP contribution in [-0.2, 0) is 0 Å². The summed E-state index contributed by atoms with van der Waals surface area (Å²) in [6.07, 6.45) is 3.46. The second-order valence-corrected chi connectivity index (χ2v) is 4.73. The van der Waals surface area contributed by atoms with Crippen LogP contribution in [0.5, 0.6) is 0 Å². The predicted octanol–water partition coefficient (Wildman–Crippen LogP) is 3.03. The van der Waals surface area contributed by atoms with Gasteiger partial charge >= 0.3 is 0 Å². The van der Waals surface area contributed by atoms with E-state index in [0.717, 1.165) is 5.69 Å². The van der Waals surface area contributed by atoms with Gasteiger partial charge in [0.25, 0.3) is 11.6 Å². The molecule has 0 radical (unpaired) electrons. The lowest BCUT2D eigenvalue weighted by Gasteiger charge is -2.07. The summed E-state index contributed by atoms with van der Waals surface area (Å²) in [7, 11) is 0. The van der Waals surface area contributed by atoms with Crippen LogP contribution >= 0.6 is 0 Å². The minimum absolute atomic E-state index is 0.144. The molecule has 0 aliphatic heterocycles. The molecule has 0 aliphatic rings. The van der Waals surface area contributed by atoms with Crippen molar-refractivity contribution >= 4 is 17.3 Å². The van der Waals surface area contributed by atoms with E-state index in [0.29, 0.717) is 5.56 Å². The molecule has 0 bridgehead atoms. The topological polar surface area (TPSA) is 90.1 Å². The number of rotatable bonds is 4. The van der Waals surface area contributed by atoms with Crippen LogP contribution in [0.1, 0.15) is 10.4 Å². The van der Waals surface area contributed by atoms with Crippen molar-refractivity contribution in [3.8, 4) is 5.69 Å². The quantitative estimate of drug-likeness (QED) is 0.592. The average Bonchev–Trinajstić information content (AvgIpc) is 3.10. The zero-order valence-corrected chi connectivity index (χ0v) is 11.9. The maximum atomic E-state index is 12.2. The maximum Gasteiger partial charge on any atom is 0.292 e. The summed E-state index contributed by atoms with van der Waals surface area (Å²) < 4.78 is 1.67. The van der Waals surface area contributed by atoms with Crippen LogP contribution in [0.4, 0.5) is 11.4 Å². The van der Waals surface area contributed by atoms with E-state index in [1.54, 1.807) is 59.5 Å². The Bertz CT molecular complexity index is 842. The van der Waals surface area contributed by atoms with E-state index in [1.807, 2.05) is 0 Å². The van der Waals surface area contributed by atoms with Gasteiger partial charge < -0.3 is 5.32 Å². The fourth-order valence-corrected chi connectivity index (χ4v) is 2.12. The lowest BCUT2D eigenvalue weighted by atomic mass is 10.2. The van der Waals surface area contributed by atoms with E-state index in [2.05, 4.69) is 10.4 Å². The molecule has 0 fully saturated rings.